The SMILES string of the molecule is COCCCN1C(=O)c2c(-n3cccc3)c3cc(OC)ccc3n2CC1(C)C(=O)NC1CCCCCC1. The molecule has 0 radical (unpaired) electrons. The van der Waals surface area contributed by atoms with E-state index in [1.807, 2.05) is 58.8 Å². The van der Waals surface area contributed by atoms with Gasteiger partial charge < -0.3 is 28.8 Å². The van der Waals surface area contributed by atoms with Crippen molar-refractivity contribution in [3.8, 4) is 11.4 Å². The van der Waals surface area contributed by atoms with Crippen LogP contribution in [0.2, 0.25) is 0 Å². The smallest absolute Gasteiger partial charge is 0.273 e. The molecule has 3 heterocycles. The highest BCUT2D eigenvalue weighted by Crippen LogP contribution is 2.39. The number of hydrogen-bond donors (Lipinski definition) is 1. The van der Waals surface area contributed by atoms with Crippen LogP contribution in [-0.2, 0) is 16.1 Å². The molecule has 1 aromatic carbocycles. The molecule has 1 unspecified atom stereocenters. The number of methoxy groups -OCH3 is 2. The number of carbonyl (C=O) groups excluding carboxylic acids is 2. The van der Waals surface area contributed by atoms with Crippen LogP contribution < -0.4 is 10.1 Å². The van der Waals surface area contributed by atoms with Crippen molar-refractivity contribution in [2.75, 3.05) is 27.4 Å². The molecule has 1 aliphatic carbocycles. The topological polar surface area (TPSA) is 77.7 Å². The van der Waals surface area contributed by atoms with Crippen LogP contribution in [0.25, 0.3) is 16.6 Å². The largest absolute Gasteiger partial charge is 0.497 e. The van der Waals surface area contributed by atoms with Gasteiger partial charge in [0.2, 0.25) is 5.91 Å². The van der Waals surface area contributed by atoms with E-state index < -0.39 is 5.54 Å². The second-order valence-electron chi connectivity index (χ2n) is 10.5. The number of ether oxygens (including phenoxy) is 2. The van der Waals surface area contributed by atoms with Crippen molar-refractivity contribution >= 4 is 22.7 Å². The fraction of sp³-hybridized carbons (Fsp3) is 0.517. The molecule has 1 atom stereocenters. The Balaban J connectivity index is 1.61. The van der Waals surface area contributed by atoms with Gasteiger partial charge >= 0.3 is 0 Å². The van der Waals surface area contributed by atoms with Gasteiger partial charge in [0.1, 0.15) is 17.0 Å². The van der Waals surface area contributed by atoms with Crippen molar-refractivity contribution < 1.29 is 19.1 Å². The summed E-state index contributed by atoms with van der Waals surface area (Å²) in [6.45, 7) is 3.26. The van der Waals surface area contributed by atoms with E-state index in [2.05, 4.69) is 5.32 Å². The number of nitrogens with one attached hydrogen (secondary N) is 1. The summed E-state index contributed by atoms with van der Waals surface area (Å²) in [6.07, 6.45) is 11.2. The quantitative estimate of drug-likeness (QED) is 0.360. The van der Waals surface area contributed by atoms with Crippen LogP contribution in [0.4, 0.5) is 0 Å². The number of rotatable bonds is 8. The maximum Gasteiger partial charge on any atom is 0.273 e. The Morgan fingerprint density at radius 1 is 1.11 bits per heavy atom. The zero-order chi connectivity index (χ0) is 26.0. The maximum atomic E-state index is 14.4. The lowest BCUT2D eigenvalue weighted by Crippen LogP contribution is -2.65. The molecule has 198 valence electrons. The van der Waals surface area contributed by atoms with Gasteiger partial charge in [-0.15, -0.1) is 0 Å². The highest BCUT2D eigenvalue weighted by Gasteiger charge is 2.49. The van der Waals surface area contributed by atoms with Gasteiger partial charge in [-0.25, -0.2) is 0 Å². The predicted octanol–water partition coefficient (Wildman–Crippen LogP) is 4.53. The van der Waals surface area contributed by atoms with Crippen molar-refractivity contribution in [1.29, 1.82) is 0 Å². The molecule has 2 aliphatic rings. The van der Waals surface area contributed by atoms with Gasteiger partial charge in [0.25, 0.3) is 5.91 Å². The maximum absolute atomic E-state index is 14.4. The third kappa shape index (κ3) is 4.63. The second-order valence-corrected chi connectivity index (χ2v) is 10.5. The van der Waals surface area contributed by atoms with Crippen LogP contribution in [-0.4, -0.2) is 64.8 Å². The molecule has 0 bridgehead atoms. The van der Waals surface area contributed by atoms with Crippen LogP contribution in [0.1, 0.15) is 62.4 Å². The van der Waals surface area contributed by atoms with Crippen molar-refractivity contribution in [2.45, 2.75) is 70.0 Å². The standard InChI is InChI=1S/C29H38N4O4/c1-29(28(35)30-21-11-6-4-5-7-12-21)20-32-24-14-13-22(37-3)19-23(24)25(31-15-8-9-16-31)26(32)27(34)33(29)17-10-18-36-2/h8-9,13-16,19,21H,4-7,10-12,17-18,20H2,1-3H3,(H,30,35). The fourth-order valence-electron chi connectivity index (χ4n) is 5.99. The average Bonchev–Trinajstić information content (AvgIpc) is 3.45. The van der Waals surface area contributed by atoms with Crippen molar-refractivity contribution in [2.24, 2.45) is 0 Å². The van der Waals surface area contributed by atoms with E-state index in [-0.39, 0.29) is 17.9 Å². The molecular weight excluding hydrogens is 468 g/mol. The Morgan fingerprint density at radius 2 is 1.84 bits per heavy atom. The van der Waals surface area contributed by atoms with Gasteiger partial charge in [-0.1, -0.05) is 25.7 Å². The summed E-state index contributed by atoms with van der Waals surface area (Å²) in [7, 11) is 3.30. The van der Waals surface area contributed by atoms with Gasteiger partial charge in [0.05, 0.1) is 24.9 Å². The molecule has 8 heteroatoms. The lowest BCUT2D eigenvalue weighted by molar-refractivity contribution is -0.133. The zero-order valence-electron chi connectivity index (χ0n) is 22.2. The van der Waals surface area contributed by atoms with Gasteiger partial charge in [-0.2, -0.15) is 0 Å². The molecule has 2 aromatic heterocycles. The van der Waals surface area contributed by atoms with E-state index in [0.717, 1.165) is 48.0 Å². The molecular formula is C29H38N4O4. The molecule has 1 fully saturated rings. The number of fused-ring (bicyclic) bond motifs is 3. The zero-order valence-corrected chi connectivity index (χ0v) is 22.2. The summed E-state index contributed by atoms with van der Waals surface area (Å²) in [5, 5.41) is 4.26. The lowest BCUT2D eigenvalue weighted by atomic mass is 9.93. The summed E-state index contributed by atoms with van der Waals surface area (Å²) in [4.78, 5) is 30.1. The van der Waals surface area contributed by atoms with Crippen molar-refractivity contribution in [1.82, 2.24) is 19.4 Å². The predicted molar refractivity (Wildman–Crippen MR) is 143 cm³/mol. The van der Waals surface area contributed by atoms with Crippen LogP contribution in [0.15, 0.2) is 42.7 Å². The van der Waals surface area contributed by atoms with Gasteiger partial charge in [0, 0.05) is 44.1 Å². The van der Waals surface area contributed by atoms with Crippen molar-refractivity contribution in [3.05, 3.63) is 48.4 Å². The van der Waals surface area contributed by atoms with Crippen LogP contribution in [0, 0.1) is 0 Å². The van der Waals surface area contributed by atoms with Crippen LogP contribution in [0.5, 0.6) is 5.75 Å². The molecule has 1 saturated carbocycles. The number of benzene rings is 1. The van der Waals surface area contributed by atoms with E-state index in [1.165, 1.54) is 12.8 Å². The highest BCUT2D eigenvalue weighted by atomic mass is 16.5. The molecule has 2 amide bonds. The third-order valence-corrected chi connectivity index (χ3v) is 8.03. The number of carbonyl (C=O) groups is 2. The monoisotopic (exact) mass is 506 g/mol. The van der Waals surface area contributed by atoms with Crippen molar-refractivity contribution in [3.63, 3.8) is 0 Å². The van der Waals surface area contributed by atoms with E-state index in [9.17, 15) is 9.59 Å². The molecule has 1 N–H and O–H groups in total. The first kappa shape index (κ1) is 25.4. The minimum atomic E-state index is -1.02. The van der Waals surface area contributed by atoms with Gasteiger partial charge in [-0.05, 0) is 56.5 Å². The molecule has 0 saturated heterocycles. The number of aromatic nitrogens is 2. The average molecular weight is 507 g/mol. The Bertz CT molecular complexity index is 1260. The number of amides is 2. The lowest BCUT2D eigenvalue weighted by Gasteiger charge is -2.45. The van der Waals surface area contributed by atoms with Gasteiger partial charge in [0.15, 0.2) is 0 Å². The van der Waals surface area contributed by atoms with E-state index in [0.29, 0.717) is 31.8 Å². The molecule has 37 heavy (non-hydrogen) atoms. The minimum Gasteiger partial charge on any atom is -0.497 e. The summed E-state index contributed by atoms with van der Waals surface area (Å²) >= 11 is 0. The van der Waals surface area contributed by atoms with E-state index in [1.54, 1.807) is 19.1 Å². The summed E-state index contributed by atoms with van der Waals surface area (Å²) < 4.78 is 14.8. The number of nitrogens with zero attached hydrogens (tertiary/aromatic N) is 3. The fourth-order valence-corrected chi connectivity index (χ4v) is 5.99. The highest BCUT2D eigenvalue weighted by molar-refractivity contribution is 6.09. The Labute approximate surface area is 218 Å². The third-order valence-electron chi connectivity index (χ3n) is 8.03. The molecule has 8 nitrogen and oxygen atoms in total. The minimum absolute atomic E-state index is 0.0753. The van der Waals surface area contributed by atoms with Gasteiger partial charge in [-0.3, -0.25) is 9.59 Å². The summed E-state index contributed by atoms with van der Waals surface area (Å²) in [6, 6.07) is 9.93. The Kier molecular flexibility index (Phi) is 7.29. The van der Waals surface area contributed by atoms with Crippen LogP contribution in [0.3, 0.4) is 0 Å². The van der Waals surface area contributed by atoms with E-state index >= 15 is 0 Å². The molecule has 3 aromatic rings. The summed E-state index contributed by atoms with van der Waals surface area (Å²) in [5.74, 6) is 0.510. The second kappa shape index (κ2) is 10.6. The van der Waals surface area contributed by atoms with E-state index in [4.69, 9.17) is 9.47 Å². The number of hydrogen-bond acceptors (Lipinski definition) is 4. The molecule has 1 aliphatic heterocycles. The Hall–Kier alpha value is -3.26. The first-order valence-electron chi connectivity index (χ1n) is 13.4. The van der Waals surface area contributed by atoms with Crippen LogP contribution >= 0.6 is 0 Å². The first-order chi connectivity index (χ1) is 18.0. The molecule has 0 spiro atoms. The first-order valence-corrected chi connectivity index (χ1v) is 13.4. The Morgan fingerprint density at radius 3 is 2.51 bits per heavy atom. The molecule has 5 rings (SSSR count). The summed E-state index contributed by atoms with van der Waals surface area (Å²) in [5.41, 5.74) is 1.30. The normalized spacial score (nSPS) is 20.6.